The third-order valence-electron chi connectivity index (χ3n) is 10.6. The highest BCUT2D eigenvalue weighted by molar-refractivity contribution is 8.16. The van der Waals surface area contributed by atoms with E-state index in [1.165, 1.54) is 43.6 Å². The highest BCUT2D eigenvalue weighted by Crippen LogP contribution is 2.31. The Morgan fingerprint density at radius 3 is 1.32 bits per heavy atom. The molecule has 6 aromatic carbocycles. The molecule has 2 aromatic heterocycles. The first-order valence-electron chi connectivity index (χ1n) is 20.3. The largest absolute Gasteiger partial charge is 0.390 e. The first kappa shape index (κ1) is 40.3. The maximum Gasteiger partial charge on any atom is 0.0826 e. The van der Waals surface area contributed by atoms with Crippen LogP contribution in [0.3, 0.4) is 0 Å². The number of benzene rings is 6. The van der Waals surface area contributed by atoms with Crippen LogP contribution < -0.4 is 10.0 Å². The summed E-state index contributed by atoms with van der Waals surface area (Å²) >= 11 is 3.33. The molecule has 2 N–H and O–H groups in total. The van der Waals surface area contributed by atoms with Gasteiger partial charge in [-0.1, -0.05) is 84.9 Å². The van der Waals surface area contributed by atoms with E-state index in [0.29, 0.717) is 24.6 Å². The molecule has 59 heavy (non-hydrogen) atoms. The average molecular weight is 819 g/mol. The summed E-state index contributed by atoms with van der Waals surface area (Å²) in [6.45, 7) is 6.88. The second-order valence-corrected chi connectivity index (χ2v) is 17.0. The van der Waals surface area contributed by atoms with E-state index in [9.17, 15) is 10.2 Å². The van der Waals surface area contributed by atoms with Crippen LogP contribution >= 0.6 is 23.5 Å². The zero-order valence-corrected chi connectivity index (χ0v) is 35.1. The van der Waals surface area contributed by atoms with Crippen LogP contribution in [0.1, 0.15) is 25.0 Å². The smallest absolute Gasteiger partial charge is 0.0826 e. The molecule has 10 heteroatoms. The predicted octanol–water partition coefficient (Wildman–Crippen LogP) is 10.5. The van der Waals surface area contributed by atoms with Gasteiger partial charge < -0.3 is 19.3 Å². The lowest BCUT2D eigenvalue weighted by atomic mass is 10.1. The number of fused-ring (bicyclic) bond motifs is 6. The molecule has 8 aromatic rings. The number of hydrazone groups is 2. The van der Waals surface area contributed by atoms with Crippen molar-refractivity contribution in [3.8, 4) is 0 Å². The van der Waals surface area contributed by atoms with Gasteiger partial charge in [0.2, 0.25) is 0 Å². The summed E-state index contributed by atoms with van der Waals surface area (Å²) < 4.78 is 4.69. The van der Waals surface area contributed by atoms with Crippen molar-refractivity contribution in [3.63, 3.8) is 0 Å². The van der Waals surface area contributed by atoms with Gasteiger partial charge in [0.15, 0.2) is 0 Å². The first-order valence-corrected chi connectivity index (χ1v) is 22.6. The summed E-state index contributed by atoms with van der Waals surface area (Å²) in [5.41, 5.74) is 8.75. The lowest BCUT2D eigenvalue weighted by Crippen LogP contribution is -2.30. The summed E-state index contributed by atoms with van der Waals surface area (Å²) in [7, 11) is 0. The fourth-order valence-electron chi connectivity index (χ4n) is 7.83. The third kappa shape index (κ3) is 9.21. The van der Waals surface area contributed by atoms with E-state index in [0.717, 1.165) is 40.7 Å². The number of hydrogen-bond acceptors (Lipinski definition) is 8. The normalized spacial score (nSPS) is 13.1. The number of aliphatic hydroxyl groups excluding tert-OH is 2. The average Bonchev–Trinajstić information content (AvgIpc) is 3.78. The van der Waals surface area contributed by atoms with Gasteiger partial charge >= 0.3 is 0 Å². The number of hydrogen-bond donors (Lipinski definition) is 2. The van der Waals surface area contributed by atoms with Crippen LogP contribution in [0, 0.1) is 0 Å². The number of aliphatic hydroxyl groups is 2. The van der Waals surface area contributed by atoms with E-state index in [1.807, 2.05) is 83.1 Å². The van der Waals surface area contributed by atoms with Gasteiger partial charge in [0.25, 0.3) is 0 Å². The molecule has 0 saturated carbocycles. The quantitative estimate of drug-likeness (QED) is 0.0388. The molecule has 0 fully saturated rings. The predicted molar refractivity (Wildman–Crippen MR) is 255 cm³/mol. The number of nitrogens with zero attached hydrogens (tertiary/aromatic N) is 6. The van der Waals surface area contributed by atoms with Crippen LogP contribution in [-0.4, -0.2) is 73.7 Å². The maximum absolute atomic E-state index is 11.2. The molecule has 0 amide bonds. The number of aromatic nitrogens is 2. The minimum Gasteiger partial charge on any atom is -0.390 e. The van der Waals surface area contributed by atoms with Crippen molar-refractivity contribution in [1.82, 2.24) is 9.13 Å². The molecule has 2 heterocycles. The zero-order chi connectivity index (χ0) is 40.6. The van der Waals surface area contributed by atoms with Crippen LogP contribution in [-0.2, 0) is 13.1 Å². The fraction of sp³-hybridized carbons (Fsp3) is 0.224. The molecule has 0 bridgehead atoms. The molecule has 0 aliphatic rings. The second-order valence-electron chi connectivity index (χ2n) is 14.6. The SMILES string of the molecule is CCn1c2ccccc2c2cc(/C=N/N(CC(O)CSCSCC(O)CN(/N=C/c3ccc4c(c3)c3ccccc3n4CC)c3ccccc3)c3ccccc3)ccc21. The van der Waals surface area contributed by atoms with Gasteiger partial charge in [0.1, 0.15) is 0 Å². The number of anilines is 2. The molecule has 0 saturated heterocycles. The molecule has 8 rings (SSSR count). The summed E-state index contributed by atoms with van der Waals surface area (Å²) in [6.07, 6.45) is 2.56. The monoisotopic (exact) mass is 818 g/mol. The van der Waals surface area contributed by atoms with Gasteiger partial charge in [-0.25, -0.2) is 0 Å². The summed E-state index contributed by atoms with van der Waals surface area (Å²) in [5, 5.41) is 41.5. The van der Waals surface area contributed by atoms with Gasteiger partial charge in [-0.3, -0.25) is 10.0 Å². The molecular formula is C49H50N6O2S2. The lowest BCUT2D eigenvalue weighted by molar-refractivity contribution is 0.205. The molecule has 8 nitrogen and oxygen atoms in total. The van der Waals surface area contributed by atoms with Crippen LogP contribution in [0.5, 0.6) is 0 Å². The van der Waals surface area contributed by atoms with Gasteiger partial charge in [0.05, 0.1) is 49.1 Å². The van der Waals surface area contributed by atoms with Crippen LogP contribution in [0.4, 0.5) is 11.4 Å². The molecule has 2 atom stereocenters. The molecule has 0 aliphatic carbocycles. The van der Waals surface area contributed by atoms with Crippen molar-refractivity contribution >= 4 is 90.9 Å². The van der Waals surface area contributed by atoms with Crippen LogP contribution in [0.15, 0.2) is 156 Å². The Labute approximate surface area is 354 Å². The highest BCUT2D eigenvalue weighted by atomic mass is 32.2. The Morgan fingerprint density at radius 1 is 0.508 bits per heavy atom. The minimum atomic E-state index is -0.603. The Kier molecular flexibility index (Phi) is 13.0. The second kappa shape index (κ2) is 19.0. The van der Waals surface area contributed by atoms with E-state index in [2.05, 4.69) is 108 Å². The summed E-state index contributed by atoms with van der Waals surface area (Å²) in [6, 6.07) is 50.0. The first-order chi connectivity index (χ1) is 29.0. The van der Waals surface area contributed by atoms with Crippen molar-refractivity contribution < 1.29 is 10.2 Å². The summed E-state index contributed by atoms with van der Waals surface area (Å²) in [5.74, 6) is 1.10. The number of aryl methyl sites for hydroxylation is 2. The van der Waals surface area contributed by atoms with Crippen molar-refractivity contribution in [3.05, 3.63) is 157 Å². The number of rotatable bonds is 18. The Hall–Kier alpha value is -5.52. The van der Waals surface area contributed by atoms with Gasteiger partial charge in [-0.15, -0.1) is 23.5 Å². The van der Waals surface area contributed by atoms with E-state index >= 15 is 0 Å². The van der Waals surface area contributed by atoms with E-state index < -0.39 is 12.2 Å². The van der Waals surface area contributed by atoms with Gasteiger partial charge in [-0.2, -0.15) is 10.2 Å². The third-order valence-corrected chi connectivity index (χ3v) is 13.2. The topological polar surface area (TPSA) is 81.5 Å². The van der Waals surface area contributed by atoms with Crippen LogP contribution in [0.2, 0.25) is 0 Å². The minimum absolute atomic E-state index is 0.357. The van der Waals surface area contributed by atoms with Crippen molar-refractivity contribution in [1.29, 1.82) is 0 Å². The number of para-hydroxylation sites is 4. The summed E-state index contributed by atoms with van der Waals surface area (Å²) in [4.78, 5) is 0. The molecule has 300 valence electrons. The van der Waals surface area contributed by atoms with Gasteiger partial charge in [0, 0.05) is 73.3 Å². The molecular weight excluding hydrogens is 769 g/mol. The zero-order valence-electron chi connectivity index (χ0n) is 33.5. The Morgan fingerprint density at radius 2 is 0.898 bits per heavy atom. The lowest BCUT2D eigenvalue weighted by Gasteiger charge is -2.23. The Balaban J connectivity index is 0.863. The van der Waals surface area contributed by atoms with Crippen LogP contribution in [0.25, 0.3) is 43.6 Å². The maximum atomic E-state index is 11.2. The van der Waals surface area contributed by atoms with Crippen molar-refractivity contribution in [2.45, 2.75) is 39.1 Å². The van der Waals surface area contributed by atoms with E-state index in [1.54, 1.807) is 23.5 Å². The van der Waals surface area contributed by atoms with Crippen molar-refractivity contribution in [2.24, 2.45) is 10.2 Å². The fourth-order valence-corrected chi connectivity index (χ4v) is 9.82. The molecule has 0 radical (unpaired) electrons. The Bertz CT molecular complexity index is 2510. The van der Waals surface area contributed by atoms with Crippen molar-refractivity contribution in [2.75, 3.05) is 39.7 Å². The highest BCUT2D eigenvalue weighted by Gasteiger charge is 2.16. The van der Waals surface area contributed by atoms with Gasteiger partial charge in [-0.05, 0) is 85.6 Å². The molecule has 0 aliphatic heterocycles. The van der Waals surface area contributed by atoms with E-state index in [4.69, 9.17) is 10.2 Å². The number of thioether (sulfide) groups is 2. The van der Waals surface area contributed by atoms with E-state index in [-0.39, 0.29) is 0 Å². The molecule has 0 spiro atoms. The standard InChI is InChI=1S/C49H50N6O2S2/c1-3-52-46-21-13-11-19-42(46)44-27-36(23-25-48(44)52)29-50-54(38-15-7-5-8-16-38)31-40(56)33-58-35-59-34-41(57)32-55(39-17-9-6-10-18-39)51-30-37-24-26-49-45(28-37)43-20-12-14-22-47(43)53(49)4-2/h5-30,40-41,56-57H,3-4,31-35H2,1-2H3/b50-29+,51-30+. The molecule has 2 unspecified atom stereocenters.